The molecule has 0 aliphatic heterocycles. The molecule has 0 amide bonds. The molecule has 0 unspecified atom stereocenters. The molecule has 3 rings (SSSR count). The van der Waals surface area contributed by atoms with Crippen molar-refractivity contribution < 1.29 is 14.0 Å². The van der Waals surface area contributed by atoms with Gasteiger partial charge in [0.25, 0.3) is 5.89 Å². The number of phenols is 1. The van der Waals surface area contributed by atoms with E-state index in [0.29, 0.717) is 22.0 Å². The quantitative estimate of drug-likeness (QED) is 0.777. The summed E-state index contributed by atoms with van der Waals surface area (Å²) in [5.74, 6) is 0.0902. The zero-order valence-corrected chi connectivity index (χ0v) is 10.8. The highest BCUT2D eigenvalue weighted by Crippen LogP contribution is 2.31. The normalized spacial score (nSPS) is 10.7. The molecule has 1 heterocycles. The number of halogens is 2. The lowest BCUT2D eigenvalue weighted by Crippen LogP contribution is -1.82. The molecule has 4 nitrogen and oxygen atoms in total. The third kappa shape index (κ3) is 2.35. The summed E-state index contributed by atoms with van der Waals surface area (Å²) in [6.07, 6.45) is 0. The number of phenolic OH excluding ortho intramolecular Hbond substituents is 1. The molecule has 1 N–H and O–H groups in total. The Hall–Kier alpha value is -2.40. The average Bonchev–Trinajstić information content (AvgIpc) is 2.89. The molecule has 100 valence electrons. The summed E-state index contributed by atoms with van der Waals surface area (Å²) in [7, 11) is 0. The molecule has 0 saturated carbocycles. The van der Waals surface area contributed by atoms with Gasteiger partial charge in [-0.3, -0.25) is 0 Å². The van der Waals surface area contributed by atoms with Gasteiger partial charge in [0.15, 0.2) is 0 Å². The lowest BCUT2D eigenvalue weighted by Gasteiger charge is -1.98. The van der Waals surface area contributed by atoms with Crippen LogP contribution in [0.25, 0.3) is 22.8 Å². The highest BCUT2D eigenvalue weighted by molar-refractivity contribution is 6.30. The van der Waals surface area contributed by atoms with Crippen LogP contribution in [0, 0.1) is 5.82 Å². The first-order valence-electron chi connectivity index (χ1n) is 5.72. The van der Waals surface area contributed by atoms with Crippen molar-refractivity contribution in [2.75, 3.05) is 0 Å². The standard InChI is InChI=1S/C14H8ClFN2O2/c15-9-3-6-11(12(19)7-9)14-17-13(18-20-14)8-1-4-10(16)5-2-8/h1-7,19H. The predicted octanol–water partition coefficient (Wildman–Crippen LogP) is 3.90. The zero-order chi connectivity index (χ0) is 14.1. The first-order chi connectivity index (χ1) is 9.63. The Morgan fingerprint density at radius 1 is 1.10 bits per heavy atom. The van der Waals surface area contributed by atoms with Crippen molar-refractivity contribution in [2.45, 2.75) is 0 Å². The molecule has 0 saturated heterocycles. The molecule has 0 fully saturated rings. The van der Waals surface area contributed by atoms with Crippen molar-refractivity contribution in [2.24, 2.45) is 0 Å². The van der Waals surface area contributed by atoms with Crippen LogP contribution >= 0.6 is 11.6 Å². The fraction of sp³-hybridized carbons (Fsp3) is 0. The summed E-state index contributed by atoms with van der Waals surface area (Å²) in [5, 5.41) is 14.0. The van der Waals surface area contributed by atoms with Gasteiger partial charge in [-0.1, -0.05) is 16.8 Å². The Labute approximate surface area is 118 Å². The van der Waals surface area contributed by atoms with Crippen LogP contribution in [-0.2, 0) is 0 Å². The average molecular weight is 291 g/mol. The first kappa shape index (κ1) is 12.6. The second-order valence-corrected chi connectivity index (χ2v) is 4.53. The van der Waals surface area contributed by atoms with Crippen LogP contribution in [0.15, 0.2) is 47.0 Å². The minimum absolute atomic E-state index is 0.0493. The SMILES string of the molecule is Oc1cc(Cl)ccc1-c1nc(-c2ccc(F)cc2)no1. The molecular formula is C14H8ClFN2O2. The van der Waals surface area contributed by atoms with Gasteiger partial charge >= 0.3 is 0 Å². The minimum atomic E-state index is -0.340. The van der Waals surface area contributed by atoms with E-state index in [1.807, 2.05) is 0 Å². The fourth-order valence-electron chi connectivity index (χ4n) is 1.73. The number of nitrogens with zero attached hydrogens (tertiary/aromatic N) is 2. The first-order valence-corrected chi connectivity index (χ1v) is 6.10. The van der Waals surface area contributed by atoms with E-state index in [1.54, 1.807) is 24.3 Å². The molecule has 3 aromatic rings. The number of aromatic nitrogens is 2. The maximum atomic E-state index is 12.9. The number of hydrogen-bond acceptors (Lipinski definition) is 4. The van der Waals surface area contributed by atoms with E-state index in [2.05, 4.69) is 10.1 Å². The Morgan fingerprint density at radius 2 is 1.85 bits per heavy atom. The van der Waals surface area contributed by atoms with Gasteiger partial charge in [-0.2, -0.15) is 4.98 Å². The molecule has 0 atom stereocenters. The summed E-state index contributed by atoms with van der Waals surface area (Å²) >= 11 is 5.76. The molecule has 0 aliphatic carbocycles. The van der Waals surface area contributed by atoms with Gasteiger partial charge in [0.1, 0.15) is 11.6 Å². The van der Waals surface area contributed by atoms with Crippen molar-refractivity contribution in [3.05, 3.63) is 53.3 Å². The van der Waals surface area contributed by atoms with E-state index in [1.165, 1.54) is 18.2 Å². The van der Waals surface area contributed by atoms with Crippen LogP contribution in [0.5, 0.6) is 5.75 Å². The maximum absolute atomic E-state index is 12.9. The third-order valence-electron chi connectivity index (χ3n) is 2.72. The Kier molecular flexibility index (Phi) is 3.12. The van der Waals surface area contributed by atoms with Crippen LogP contribution in [0.3, 0.4) is 0 Å². The molecular weight excluding hydrogens is 283 g/mol. The van der Waals surface area contributed by atoms with E-state index in [-0.39, 0.29) is 17.5 Å². The van der Waals surface area contributed by atoms with Crippen LogP contribution in [0.1, 0.15) is 0 Å². The van der Waals surface area contributed by atoms with Crippen molar-refractivity contribution in [1.82, 2.24) is 10.1 Å². The molecule has 0 spiro atoms. The van der Waals surface area contributed by atoms with Crippen LogP contribution in [0.4, 0.5) is 4.39 Å². The van der Waals surface area contributed by atoms with Gasteiger partial charge < -0.3 is 9.63 Å². The smallest absolute Gasteiger partial charge is 0.261 e. The van der Waals surface area contributed by atoms with Crippen molar-refractivity contribution >= 4 is 11.6 Å². The van der Waals surface area contributed by atoms with Crippen LogP contribution in [0.2, 0.25) is 5.02 Å². The summed E-state index contributed by atoms with van der Waals surface area (Å²) in [4.78, 5) is 4.17. The van der Waals surface area contributed by atoms with E-state index in [0.717, 1.165) is 0 Å². The topological polar surface area (TPSA) is 59.2 Å². The van der Waals surface area contributed by atoms with E-state index in [4.69, 9.17) is 16.1 Å². The fourth-order valence-corrected chi connectivity index (χ4v) is 1.90. The van der Waals surface area contributed by atoms with Crippen LogP contribution < -0.4 is 0 Å². The van der Waals surface area contributed by atoms with Crippen molar-refractivity contribution in [3.63, 3.8) is 0 Å². The number of hydrogen-bond donors (Lipinski definition) is 1. The number of aromatic hydroxyl groups is 1. The minimum Gasteiger partial charge on any atom is -0.507 e. The number of rotatable bonds is 2. The van der Waals surface area contributed by atoms with E-state index < -0.39 is 0 Å². The van der Waals surface area contributed by atoms with Gasteiger partial charge in [0.2, 0.25) is 5.82 Å². The van der Waals surface area contributed by atoms with Crippen molar-refractivity contribution in [1.29, 1.82) is 0 Å². The summed E-state index contributed by atoms with van der Waals surface area (Å²) in [5.41, 5.74) is 1.00. The van der Waals surface area contributed by atoms with Gasteiger partial charge in [0, 0.05) is 10.6 Å². The predicted molar refractivity (Wildman–Crippen MR) is 71.8 cm³/mol. The molecule has 0 radical (unpaired) electrons. The molecule has 0 aliphatic rings. The highest BCUT2D eigenvalue weighted by atomic mass is 35.5. The summed E-state index contributed by atoms with van der Waals surface area (Å²) in [6, 6.07) is 10.3. The maximum Gasteiger partial charge on any atom is 0.261 e. The Balaban J connectivity index is 1.99. The van der Waals surface area contributed by atoms with Crippen LogP contribution in [-0.4, -0.2) is 15.2 Å². The van der Waals surface area contributed by atoms with Gasteiger partial charge in [-0.05, 0) is 42.5 Å². The Bertz CT molecular complexity index is 756. The van der Waals surface area contributed by atoms with Gasteiger partial charge in [0.05, 0.1) is 5.56 Å². The molecule has 6 heteroatoms. The number of benzene rings is 2. The molecule has 20 heavy (non-hydrogen) atoms. The van der Waals surface area contributed by atoms with Gasteiger partial charge in [-0.25, -0.2) is 4.39 Å². The lowest BCUT2D eigenvalue weighted by atomic mass is 10.2. The lowest BCUT2D eigenvalue weighted by molar-refractivity contribution is 0.425. The van der Waals surface area contributed by atoms with Gasteiger partial charge in [-0.15, -0.1) is 0 Å². The molecule has 1 aromatic heterocycles. The second kappa shape index (κ2) is 4.94. The molecule has 0 bridgehead atoms. The van der Waals surface area contributed by atoms with E-state index >= 15 is 0 Å². The molecule has 2 aromatic carbocycles. The van der Waals surface area contributed by atoms with E-state index in [9.17, 15) is 9.50 Å². The third-order valence-corrected chi connectivity index (χ3v) is 2.95. The van der Waals surface area contributed by atoms with Crippen molar-refractivity contribution in [3.8, 4) is 28.6 Å². The second-order valence-electron chi connectivity index (χ2n) is 4.09. The Morgan fingerprint density at radius 3 is 2.55 bits per heavy atom. The highest BCUT2D eigenvalue weighted by Gasteiger charge is 2.14. The monoisotopic (exact) mass is 290 g/mol. The largest absolute Gasteiger partial charge is 0.507 e. The summed E-state index contributed by atoms with van der Waals surface area (Å²) < 4.78 is 18.0. The summed E-state index contributed by atoms with van der Waals surface area (Å²) in [6.45, 7) is 0. The zero-order valence-electron chi connectivity index (χ0n) is 10.0.